The molecule has 1 aromatic carbocycles. The molecule has 0 radical (unpaired) electrons. The molecule has 1 aromatic rings. The zero-order chi connectivity index (χ0) is 8.27. The van der Waals surface area contributed by atoms with Crippen LogP contribution in [-0.4, -0.2) is 6.29 Å². The molecule has 0 fully saturated rings. The lowest BCUT2D eigenvalue weighted by molar-refractivity contribution is 0.112. The lowest BCUT2D eigenvalue weighted by atomic mass is 10.1. The maximum absolute atomic E-state index is 12.6. The summed E-state index contributed by atoms with van der Waals surface area (Å²) in [6.07, 6.45) is 2.10. The summed E-state index contributed by atoms with van der Waals surface area (Å²) >= 11 is 0. The Morgan fingerprint density at radius 2 is 1.91 bits per heavy atom. The van der Waals surface area contributed by atoms with Crippen molar-refractivity contribution in [1.29, 1.82) is 0 Å². The van der Waals surface area contributed by atoms with Gasteiger partial charge >= 0.3 is 0 Å². The summed E-state index contributed by atoms with van der Waals surface area (Å²) in [5.41, 5.74) is 0.951. The van der Waals surface area contributed by atoms with Gasteiger partial charge in [-0.3, -0.25) is 4.79 Å². The van der Waals surface area contributed by atoms with Gasteiger partial charge in [-0.1, -0.05) is 12.7 Å². The van der Waals surface area contributed by atoms with E-state index in [9.17, 15) is 9.18 Å². The number of carbonyl (C=O) groups is 1. The Kier molecular flexibility index (Phi) is 2.16. The number of hydrogen-bond acceptors (Lipinski definition) is 1. The molecule has 0 saturated heterocycles. The summed E-state index contributed by atoms with van der Waals surface area (Å²) in [5.74, 6) is -0.412. The Bertz CT molecular complexity index is 265. The second kappa shape index (κ2) is 3.10. The van der Waals surface area contributed by atoms with E-state index in [1.165, 1.54) is 18.2 Å². The molecule has 0 aliphatic rings. The Labute approximate surface area is 64.2 Å². The fraction of sp³-hybridized carbons (Fsp3) is 0. The lowest BCUT2D eigenvalue weighted by Gasteiger charge is -1.94. The highest BCUT2D eigenvalue weighted by Gasteiger charge is 1.95. The number of halogens is 1. The molecule has 0 aliphatic heterocycles. The Balaban J connectivity index is 3.21. The number of benzene rings is 1. The first-order valence-electron chi connectivity index (χ1n) is 3.14. The van der Waals surface area contributed by atoms with Crippen LogP contribution in [0.2, 0.25) is 0 Å². The van der Waals surface area contributed by atoms with Crippen molar-refractivity contribution in [3.63, 3.8) is 0 Å². The highest BCUT2D eigenvalue weighted by atomic mass is 19.1. The number of rotatable bonds is 2. The molecule has 0 spiro atoms. The summed E-state index contributed by atoms with van der Waals surface area (Å²) in [4.78, 5) is 10.2. The molecule has 1 nitrogen and oxygen atoms in total. The van der Waals surface area contributed by atoms with Crippen molar-refractivity contribution in [1.82, 2.24) is 0 Å². The second-order valence-corrected chi connectivity index (χ2v) is 2.14. The van der Waals surface area contributed by atoms with Gasteiger partial charge in [0.2, 0.25) is 0 Å². The first-order valence-corrected chi connectivity index (χ1v) is 3.14. The first-order chi connectivity index (χ1) is 5.26. The first kappa shape index (κ1) is 7.66. The van der Waals surface area contributed by atoms with Crippen LogP contribution in [-0.2, 0) is 0 Å². The van der Waals surface area contributed by atoms with E-state index < -0.39 is 5.82 Å². The van der Waals surface area contributed by atoms with Crippen molar-refractivity contribution in [3.8, 4) is 0 Å². The van der Waals surface area contributed by atoms with Crippen molar-refractivity contribution >= 4 is 12.4 Å². The van der Waals surface area contributed by atoms with Crippen LogP contribution in [0.4, 0.5) is 4.39 Å². The van der Waals surface area contributed by atoms with Crippen LogP contribution < -0.4 is 0 Å². The summed E-state index contributed by atoms with van der Waals surface area (Å²) < 4.78 is 12.6. The fourth-order valence-corrected chi connectivity index (χ4v) is 0.822. The lowest BCUT2D eigenvalue weighted by Crippen LogP contribution is -1.84. The zero-order valence-corrected chi connectivity index (χ0v) is 5.88. The van der Waals surface area contributed by atoms with Crippen molar-refractivity contribution in [2.75, 3.05) is 0 Å². The number of aldehydes is 1. The quantitative estimate of drug-likeness (QED) is 0.591. The maximum Gasteiger partial charge on any atom is 0.150 e. The molecule has 56 valence electrons. The van der Waals surface area contributed by atoms with Gasteiger partial charge in [0, 0.05) is 5.56 Å². The van der Waals surface area contributed by atoms with E-state index in [1.807, 2.05) is 0 Å². The summed E-state index contributed by atoms with van der Waals surface area (Å²) in [6.45, 7) is 3.46. The molecule has 0 aromatic heterocycles. The van der Waals surface area contributed by atoms with Gasteiger partial charge in [-0.15, -0.1) is 0 Å². The Morgan fingerprint density at radius 3 is 2.45 bits per heavy atom. The molecular formula is C9H7FO. The van der Waals surface area contributed by atoms with E-state index in [0.717, 1.165) is 0 Å². The SMILES string of the molecule is C=Cc1cc(F)cc(C=O)c1. The van der Waals surface area contributed by atoms with Crippen LogP contribution in [0.25, 0.3) is 6.08 Å². The van der Waals surface area contributed by atoms with E-state index >= 15 is 0 Å². The van der Waals surface area contributed by atoms with Crippen LogP contribution in [0.3, 0.4) is 0 Å². The Hall–Kier alpha value is -1.44. The van der Waals surface area contributed by atoms with Crippen LogP contribution in [0.5, 0.6) is 0 Å². The van der Waals surface area contributed by atoms with Crippen LogP contribution in [0.1, 0.15) is 15.9 Å². The van der Waals surface area contributed by atoms with E-state index in [4.69, 9.17) is 0 Å². The van der Waals surface area contributed by atoms with Crippen molar-refractivity contribution in [2.24, 2.45) is 0 Å². The van der Waals surface area contributed by atoms with E-state index in [1.54, 1.807) is 6.07 Å². The molecule has 0 saturated carbocycles. The molecule has 0 aliphatic carbocycles. The summed E-state index contributed by atoms with van der Waals surface area (Å²) in [7, 11) is 0. The van der Waals surface area contributed by atoms with Gasteiger partial charge in [0.15, 0.2) is 0 Å². The molecular weight excluding hydrogens is 143 g/mol. The minimum Gasteiger partial charge on any atom is -0.298 e. The van der Waals surface area contributed by atoms with Gasteiger partial charge in [-0.2, -0.15) is 0 Å². The van der Waals surface area contributed by atoms with Crippen LogP contribution in [0.15, 0.2) is 24.8 Å². The molecule has 0 amide bonds. The van der Waals surface area contributed by atoms with Crippen LogP contribution >= 0.6 is 0 Å². The molecule has 1 rings (SSSR count). The number of carbonyl (C=O) groups excluding carboxylic acids is 1. The predicted molar refractivity (Wildman–Crippen MR) is 41.9 cm³/mol. The molecule has 0 N–H and O–H groups in total. The molecule has 0 bridgehead atoms. The standard InChI is InChI=1S/C9H7FO/c1-2-7-3-8(6-11)5-9(10)4-7/h2-6H,1H2. The summed E-state index contributed by atoms with van der Waals surface area (Å²) in [6, 6.07) is 4.07. The minimum absolute atomic E-state index is 0.333. The van der Waals surface area contributed by atoms with Gasteiger partial charge in [-0.05, 0) is 23.8 Å². The molecule has 0 atom stereocenters. The monoisotopic (exact) mass is 150 g/mol. The Morgan fingerprint density at radius 1 is 1.27 bits per heavy atom. The third kappa shape index (κ3) is 1.74. The molecule has 2 heteroatoms. The van der Waals surface area contributed by atoms with E-state index in [-0.39, 0.29) is 0 Å². The average molecular weight is 150 g/mol. The van der Waals surface area contributed by atoms with Crippen LogP contribution in [0, 0.1) is 5.82 Å². The van der Waals surface area contributed by atoms with Gasteiger partial charge in [0.25, 0.3) is 0 Å². The normalized spacial score (nSPS) is 9.18. The van der Waals surface area contributed by atoms with Crippen molar-refractivity contribution < 1.29 is 9.18 Å². The van der Waals surface area contributed by atoms with Crippen molar-refractivity contribution in [2.45, 2.75) is 0 Å². The topological polar surface area (TPSA) is 17.1 Å². The third-order valence-electron chi connectivity index (χ3n) is 1.31. The molecule has 0 heterocycles. The van der Waals surface area contributed by atoms with Gasteiger partial charge < -0.3 is 0 Å². The smallest absolute Gasteiger partial charge is 0.150 e. The van der Waals surface area contributed by atoms with Gasteiger partial charge in [-0.25, -0.2) is 4.39 Å². The zero-order valence-electron chi connectivity index (χ0n) is 5.88. The van der Waals surface area contributed by atoms with E-state index in [2.05, 4.69) is 6.58 Å². The van der Waals surface area contributed by atoms with E-state index in [0.29, 0.717) is 17.4 Å². The highest BCUT2D eigenvalue weighted by Crippen LogP contribution is 2.08. The summed E-state index contributed by atoms with van der Waals surface area (Å²) in [5, 5.41) is 0. The number of hydrogen-bond donors (Lipinski definition) is 0. The highest BCUT2D eigenvalue weighted by molar-refractivity contribution is 5.76. The molecule has 0 unspecified atom stereocenters. The van der Waals surface area contributed by atoms with Gasteiger partial charge in [0.05, 0.1) is 0 Å². The average Bonchev–Trinajstić information content (AvgIpc) is 2.03. The van der Waals surface area contributed by atoms with Crippen molar-refractivity contribution in [3.05, 3.63) is 41.7 Å². The largest absolute Gasteiger partial charge is 0.298 e. The second-order valence-electron chi connectivity index (χ2n) is 2.14. The molecule has 11 heavy (non-hydrogen) atoms. The predicted octanol–water partition coefficient (Wildman–Crippen LogP) is 2.28. The third-order valence-corrected chi connectivity index (χ3v) is 1.31. The fourth-order valence-electron chi connectivity index (χ4n) is 0.822. The minimum atomic E-state index is -0.412. The maximum atomic E-state index is 12.6. The van der Waals surface area contributed by atoms with Gasteiger partial charge in [0.1, 0.15) is 12.1 Å².